The molecule has 4 rings (SSSR count). The molecular weight excluding hydrogens is 399 g/mol. The van der Waals surface area contributed by atoms with Crippen LogP contribution >= 0.6 is 0 Å². The lowest BCUT2D eigenvalue weighted by Gasteiger charge is -2.35. The molecule has 0 spiro atoms. The largest absolute Gasteiger partial charge is 0.378 e. The predicted octanol–water partition coefficient (Wildman–Crippen LogP) is 2.06. The zero-order valence-electron chi connectivity index (χ0n) is 17.4. The molecule has 31 heavy (non-hydrogen) atoms. The maximum absolute atomic E-state index is 13.1. The minimum Gasteiger partial charge on any atom is -0.378 e. The van der Waals surface area contributed by atoms with Gasteiger partial charge in [-0.2, -0.15) is 0 Å². The highest BCUT2D eigenvalue weighted by molar-refractivity contribution is 5.97. The molecule has 0 bridgehead atoms. The molecule has 0 unspecified atom stereocenters. The van der Waals surface area contributed by atoms with Crippen LogP contribution in [0.4, 0.5) is 15.8 Å². The minimum atomic E-state index is -0.241. The first kappa shape index (κ1) is 21.3. The fraction of sp³-hybridized carbons (Fsp3) is 0.391. The lowest BCUT2D eigenvalue weighted by Crippen LogP contribution is -2.48. The standard InChI is InChI=1S/C23H27FN4O3/c24-19-4-6-21(7-5-19)27-10-8-26(9-11-27)17-22(29)25-20-3-1-2-18(16-20)23(30)28-12-14-31-15-13-28/h1-7,16H,8-15,17H2,(H,25,29). The normalized spacial score (nSPS) is 17.5. The van der Waals surface area contributed by atoms with E-state index < -0.39 is 0 Å². The van der Waals surface area contributed by atoms with Gasteiger partial charge >= 0.3 is 0 Å². The van der Waals surface area contributed by atoms with Gasteiger partial charge in [-0.25, -0.2) is 4.39 Å². The van der Waals surface area contributed by atoms with Gasteiger partial charge in [-0.3, -0.25) is 14.5 Å². The molecule has 0 atom stereocenters. The van der Waals surface area contributed by atoms with Gasteiger partial charge in [-0.15, -0.1) is 0 Å². The van der Waals surface area contributed by atoms with Crippen LogP contribution in [0.2, 0.25) is 0 Å². The molecule has 0 aromatic heterocycles. The summed E-state index contributed by atoms with van der Waals surface area (Å²) in [5.41, 5.74) is 2.17. The molecule has 2 amide bonds. The summed E-state index contributed by atoms with van der Waals surface area (Å²) >= 11 is 0. The van der Waals surface area contributed by atoms with Crippen LogP contribution in [0.3, 0.4) is 0 Å². The summed E-state index contributed by atoms with van der Waals surface area (Å²) in [7, 11) is 0. The highest BCUT2D eigenvalue weighted by atomic mass is 19.1. The fourth-order valence-electron chi connectivity index (χ4n) is 3.90. The summed E-state index contributed by atoms with van der Waals surface area (Å²) in [5.74, 6) is -0.391. The van der Waals surface area contributed by atoms with Crippen molar-refractivity contribution in [2.75, 3.05) is 69.2 Å². The quantitative estimate of drug-likeness (QED) is 0.793. The third kappa shape index (κ3) is 5.59. The number of nitrogens with one attached hydrogen (secondary N) is 1. The van der Waals surface area contributed by atoms with E-state index in [1.54, 1.807) is 41.3 Å². The second-order valence-electron chi connectivity index (χ2n) is 7.77. The fourth-order valence-corrected chi connectivity index (χ4v) is 3.90. The van der Waals surface area contributed by atoms with Crippen LogP contribution in [0, 0.1) is 5.82 Å². The average Bonchev–Trinajstić information content (AvgIpc) is 2.80. The molecule has 0 aliphatic carbocycles. The van der Waals surface area contributed by atoms with Gasteiger partial charge in [0.05, 0.1) is 19.8 Å². The molecule has 1 N–H and O–H groups in total. The number of halogens is 1. The number of piperazine rings is 1. The monoisotopic (exact) mass is 426 g/mol. The predicted molar refractivity (Wildman–Crippen MR) is 117 cm³/mol. The summed E-state index contributed by atoms with van der Waals surface area (Å²) in [6, 6.07) is 13.6. The maximum atomic E-state index is 13.1. The Kier molecular flexibility index (Phi) is 6.79. The first-order valence-electron chi connectivity index (χ1n) is 10.6. The van der Waals surface area contributed by atoms with Crippen molar-refractivity contribution in [3.8, 4) is 0 Å². The molecule has 2 fully saturated rings. The molecule has 7 nitrogen and oxygen atoms in total. The number of rotatable bonds is 5. The maximum Gasteiger partial charge on any atom is 0.254 e. The SMILES string of the molecule is O=C(CN1CCN(c2ccc(F)cc2)CC1)Nc1cccc(C(=O)N2CCOCC2)c1. The Hall–Kier alpha value is -2.97. The van der Waals surface area contributed by atoms with E-state index in [-0.39, 0.29) is 17.6 Å². The molecular formula is C23H27FN4O3. The zero-order valence-corrected chi connectivity index (χ0v) is 17.4. The first-order valence-corrected chi connectivity index (χ1v) is 10.6. The van der Waals surface area contributed by atoms with E-state index in [1.807, 2.05) is 0 Å². The number of carbonyl (C=O) groups is 2. The molecule has 164 valence electrons. The summed E-state index contributed by atoms with van der Waals surface area (Å²) < 4.78 is 18.4. The second-order valence-corrected chi connectivity index (χ2v) is 7.77. The van der Waals surface area contributed by atoms with Gasteiger partial charge in [0.25, 0.3) is 5.91 Å². The Balaban J connectivity index is 1.27. The van der Waals surface area contributed by atoms with Crippen molar-refractivity contribution in [1.29, 1.82) is 0 Å². The lowest BCUT2D eigenvalue weighted by atomic mass is 10.1. The van der Waals surface area contributed by atoms with Crippen molar-refractivity contribution in [2.45, 2.75) is 0 Å². The van der Waals surface area contributed by atoms with Crippen LogP contribution in [-0.2, 0) is 9.53 Å². The third-order valence-corrected chi connectivity index (χ3v) is 5.62. The Labute approximate surface area is 181 Å². The zero-order chi connectivity index (χ0) is 21.6. The number of nitrogens with zero attached hydrogens (tertiary/aromatic N) is 3. The molecule has 2 aliphatic heterocycles. The van der Waals surface area contributed by atoms with Gasteiger partial charge in [0.2, 0.25) is 5.91 Å². The molecule has 2 aromatic carbocycles. The van der Waals surface area contributed by atoms with Gasteiger partial charge in [0.15, 0.2) is 0 Å². The number of amides is 2. The van der Waals surface area contributed by atoms with E-state index in [4.69, 9.17) is 4.74 Å². The van der Waals surface area contributed by atoms with Crippen LogP contribution in [0.15, 0.2) is 48.5 Å². The van der Waals surface area contributed by atoms with E-state index in [0.717, 1.165) is 31.9 Å². The third-order valence-electron chi connectivity index (χ3n) is 5.62. The number of benzene rings is 2. The summed E-state index contributed by atoms with van der Waals surface area (Å²) in [5, 5.41) is 2.91. The highest BCUT2D eigenvalue weighted by Gasteiger charge is 2.21. The van der Waals surface area contributed by atoms with E-state index in [1.165, 1.54) is 12.1 Å². The van der Waals surface area contributed by atoms with Crippen molar-refractivity contribution >= 4 is 23.2 Å². The molecule has 2 saturated heterocycles. The number of hydrogen-bond donors (Lipinski definition) is 1. The van der Waals surface area contributed by atoms with Crippen LogP contribution in [0.5, 0.6) is 0 Å². The average molecular weight is 426 g/mol. The van der Waals surface area contributed by atoms with E-state index in [9.17, 15) is 14.0 Å². The second kappa shape index (κ2) is 9.89. The number of hydrogen-bond acceptors (Lipinski definition) is 5. The van der Waals surface area contributed by atoms with Gasteiger partial charge < -0.3 is 19.9 Å². The molecule has 0 saturated carbocycles. The number of anilines is 2. The Morgan fingerprint density at radius 1 is 0.935 bits per heavy atom. The van der Waals surface area contributed by atoms with Crippen molar-refractivity contribution in [3.63, 3.8) is 0 Å². The van der Waals surface area contributed by atoms with Crippen LogP contribution in [-0.4, -0.2) is 80.6 Å². The van der Waals surface area contributed by atoms with E-state index in [2.05, 4.69) is 15.1 Å². The highest BCUT2D eigenvalue weighted by Crippen LogP contribution is 2.17. The summed E-state index contributed by atoms with van der Waals surface area (Å²) in [4.78, 5) is 31.2. The van der Waals surface area contributed by atoms with Gasteiger partial charge in [0.1, 0.15) is 5.82 Å². The van der Waals surface area contributed by atoms with Crippen LogP contribution < -0.4 is 10.2 Å². The molecule has 2 aliphatic rings. The molecule has 2 heterocycles. The van der Waals surface area contributed by atoms with Crippen molar-refractivity contribution in [3.05, 3.63) is 59.9 Å². The van der Waals surface area contributed by atoms with Crippen molar-refractivity contribution in [2.24, 2.45) is 0 Å². The van der Waals surface area contributed by atoms with Crippen LogP contribution in [0.1, 0.15) is 10.4 Å². The molecule has 0 radical (unpaired) electrons. The van der Waals surface area contributed by atoms with Crippen molar-refractivity contribution in [1.82, 2.24) is 9.80 Å². The van der Waals surface area contributed by atoms with Gasteiger partial charge in [0, 0.05) is 56.2 Å². The first-order chi connectivity index (χ1) is 15.1. The lowest BCUT2D eigenvalue weighted by molar-refractivity contribution is -0.117. The molecule has 2 aromatic rings. The van der Waals surface area contributed by atoms with Gasteiger partial charge in [-0.05, 0) is 42.5 Å². The minimum absolute atomic E-state index is 0.0451. The number of ether oxygens (including phenoxy) is 1. The van der Waals surface area contributed by atoms with Crippen LogP contribution in [0.25, 0.3) is 0 Å². The summed E-state index contributed by atoms with van der Waals surface area (Å²) in [6.07, 6.45) is 0. The number of carbonyl (C=O) groups excluding carboxylic acids is 2. The smallest absolute Gasteiger partial charge is 0.254 e. The van der Waals surface area contributed by atoms with E-state index in [0.29, 0.717) is 44.1 Å². The van der Waals surface area contributed by atoms with Gasteiger partial charge in [-0.1, -0.05) is 6.07 Å². The number of morpholine rings is 1. The Bertz CT molecular complexity index is 907. The molecule has 8 heteroatoms. The van der Waals surface area contributed by atoms with Crippen molar-refractivity contribution < 1.29 is 18.7 Å². The Morgan fingerprint density at radius 3 is 2.35 bits per heavy atom. The topological polar surface area (TPSA) is 65.1 Å². The Morgan fingerprint density at radius 2 is 1.65 bits per heavy atom. The van der Waals surface area contributed by atoms with E-state index >= 15 is 0 Å². The summed E-state index contributed by atoms with van der Waals surface area (Å²) in [6.45, 7) is 5.62.